The lowest BCUT2D eigenvalue weighted by atomic mass is 9.89. The van der Waals surface area contributed by atoms with E-state index in [2.05, 4.69) is 68.5 Å². The van der Waals surface area contributed by atoms with Crippen molar-refractivity contribution in [3.63, 3.8) is 0 Å². The van der Waals surface area contributed by atoms with Gasteiger partial charge in [-0.05, 0) is 41.7 Å². The molecule has 0 aliphatic carbocycles. The van der Waals surface area contributed by atoms with E-state index >= 15 is 0 Å². The zero-order valence-corrected chi connectivity index (χ0v) is 11.0. The molecule has 0 bridgehead atoms. The van der Waals surface area contributed by atoms with Crippen molar-refractivity contribution in [3.8, 4) is 0 Å². The van der Waals surface area contributed by atoms with Crippen LogP contribution in [0.3, 0.4) is 0 Å². The van der Waals surface area contributed by atoms with Crippen molar-refractivity contribution < 1.29 is 0 Å². The van der Waals surface area contributed by atoms with Gasteiger partial charge in [-0.1, -0.05) is 60.9 Å². The zero-order valence-electron chi connectivity index (χ0n) is 11.0. The lowest BCUT2D eigenvalue weighted by molar-refractivity contribution is 1.37. The average Bonchev–Trinajstić information content (AvgIpc) is 2.38. The fraction of sp³-hybridized carbons (Fsp3) is 0.176. The Morgan fingerprint density at radius 2 is 1.33 bits per heavy atom. The fourth-order valence-corrected chi connectivity index (χ4v) is 2.23. The van der Waals surface area contributed by atoms with E-state index in [-0.39, 0.29) is 0 Å². The van der Waals surface area contributed by atoms with Crippen LogP contribution in [0.15, 0.2) is 54.6 Å². The van der Waals surface area contributed by atoms with E-state index in [1.807, 2.05) is 0 Å². The molecule has 0 heterocycles. The predicted molar refractivity (Wildman–Crippen MR) is 80.0 cm³/mol. The molecule has 2 aromatic carbocycles. The highest BCUT2D eigenvalue weighted by atomic mass is 14.1. The Bertz CT molecular complexity index is 520. The standard InChI is InChI=1S/C17H17B/c1-13-7-3-5-9-15(13)17(11-12-18)16-10-6-4-8-14(16)2/h3-11H,12H2,1-2H3. The largest absolute Gasteiger partial charge is 0.0846 e. The number of hydrogen-bond donors (Lipinski definition) is 0. The molecule has 0 aliphatic rings. The molecule has 0 nitrogen and oxygen atoms in total. The highest BCUT2D eigenvalue weighted by Crippen LogP contribution is 2.28. The van der Waals surface area contributed by atoms with Gasteiger partial charge in [-0.3, -0.25) is 0 Å². The van der Waals surface area contributed by atoms with Crippen LogP contribution in [0.4, 0.5) is 0 Å². The second-order valence-electron chi connectivity index (χ2n) is 4.48. The van der Waals surface area contributed by atoms with Gasteiger partial charge < -0.3 is 0 Å². The Labute approximate surface area is 111 Å². The molecule has 0 amide bonds. The molecule has 18 heavy (non-hydrogen) atoms. The van der Waals surface area contributed by atoms with Gasteiger partial charge in [-0.15, -0.1) is 0 Å². The summed E-state index contributed by atoms with van der Waals surface area (Å²) in [6, 6.07) is 16.9. The van der Waals surface area contributed by atoms with E-state index in [4.69, 9.17) is 7.85 Å². The Kier molecular flexibility index (Phi) is 4.04. The van der Waals surface area contributed by atoms with Crippen LogP contribution >= 0.6 is 0 Å². The maximum atomic E-state index is 5.73. The van der Waals surface area contributed by atoms with Gasteiger partial charge in [0.25, 0.3) is 0 Å². The normalized spacial score (nSPS) is 10.1. The van der Waals surface area contributed by atoms with Gasteiger partial charge in [0, 0.05) is 0 Å². The predicted octanol–water partition coefficient (Wildman–Crippen LogP) is 4.32. The minimum absolute atomic E-state index is 0.554. The fourth-order valence-electron chi connectivity index (χ4n) is 2.23. The summed E-state index contributed by atoms with van der Waals surface area (Å²) >= 11 is 0. The number of rotatable bonds is 3. The van der Waals surface area contributed by atoms with Gasteiger partial charge in [-0.25, -0.2) is 0 Å². The third-order valence-corrected chi connectivity index (χ3v) is 3.19. The molecule has 0 N–H and O–H groups in total. The molecule has 2 aromatic rings. The summed E-state index contributed by atoms with van der Waals surface area (Å²) < 4.78 is 0. The summed E-state index contributed by atoms with van der Waals surface area (Å²) in [5.74, 6) is 0. The van der Waals surface area contributed by atoms with E-state index in [0.29, 0.717) is 6.32 Å². The van der Waals surface area contributed by atoms with Crippen molar-refractivity contribution in [2.75, 3.05) is 0 Å². The zero-order chi connectivity index (χ0) is 13.0. The van der Waals surface area contributed by atoms with Gasteiger partial charge in [0.2, 0.25) is 0 Å². The molecular formula is C17H17B. The first-order valence-corrected chi connectivity index (χ1v) is 6.26. The number of aryl methyl sites for hydroxylation is 2. The van der Waals surface area contributed by atoms with Crippen molar-refractivity contribution in [3.05, 3.63) is 76.9 Å². The van der Waals surface area contributed by atoms with Crippen LogP contribution in [0.2, 0.25) is 6.32 Å². The van der Waals surface area contributed by atoms with Gasteiger partial charge in [-0.2, -0.15) is 0 Å². The summed E-state index contributed by atoms with van der Waals surface area (Å²) in [5, 5.41) is 0. The monoisotopic (exact) mass is 232 g/mol. The Morgan fingerprint density at radius 1 is 0.889 bits per heavy atom. The molecule has 0 fully saturated rings. The number of hydrogen-bond acceptors (Lipinski definition) is 0. The second-order valence-corrected chi connectivity index (χ2v) is 4.48. The van der Waals surface area contributed by atoms with E-state index in [1.54, 1.807) is 0 Å². The van der Waals surface area contributed by atoms with Gasteiger partial charge in [0.15, 0.2) is 0 Å². The van der Waals surface area contributed by atoms with Gasteiger partial charge >= 0.3 is 0 Å². The van der Waals surface area contributed by atoms with Crippen LogP contribution in [-0.2, 0) is 0 Å². The minimum atomic E-state index is 0.554. The summed E-state index contributed by atoms with van der Waals surface area (Å²) in [7, 11) is 5.73. The minimum Gasteiger partial charge on any atom is -0.0846 e. The Hall–Kier alpha value is -1.76. The first kappa shape index (κ1) is 12.7. The molecule has 0 aromatic heterocycles. The maximum Gasteiger partial charge on any atom is 0.0708 e. The lowest BCUT2D eigenvalue weighted by Crippen LogP contribution is -1.94. The molecule has 1 heteroatoms. The topological polar surface area (TPSA) is 0 Å². The molecule has 0 saturated heterocycles. The van der Waals surface area contributed by atoms with E-state index in [0.717, 1.165) is 0 Å². The summed E-state index contributed by atoms with van der Waals surface area (Å²) in [6.07, 6.45) is 2.66. The number of allylic oxidation sites excluding steroid dienone is 1. The van der Waals surface area contributed by atoms with Crippen molar-refractivity contribution in [1.82, 2.24) is 0 Å². The molecule has 2 radical (unpaired) electrons. The van der Waals surface area contributed by atoms with Crippen LogP contribution in [-0.4, -0.2) is 7.85 Å². The van der Waals surface area contributed by atoms with Gasteiger partial charge in [0.1, 0.15) is 0 Å². The third-order valence-electron chi connectivity index (χ3n) is 3.19. The van der Waals surface area contributed by atoms with Crippen LogP contribution in [0.1, 0.15) is 22.3 Å². The van der Waals surface area contributed by atoms with Crippen LogP contribution in [0, 0.1) is 13.8 Å². The SMILES string of the molecule is [B]CC=C(c1ccccc1C)c1ccccc1C. The van der Waals surface area contributed by atoms with Crippen molar-refractivity contribution in [1.29, 1.82) is 0 Å². The molecule has 0 unspecified atom stereocenters. The first-order chi connectivity index (χ1) is 8.74. The molecule has 88 valence electrons. The molecule has 0 saturated carbocycles. The van der Waals surface area contributed by atoms with E-state index in [9.17, 15) is 0 Å². The van der Waals surface area contributed by atoms with E-state index < -0.39 is 0 Å². The van der Waals surface area contributed by atoms with Crippen LogP contribution in [0.25, 0.3) is 5.57 Å². The third kappa shape index (κ3) is 2.56. The van der Waals surface area contributed by atoms with Crippen molar-refractivity contribution in [2.24, 2.45) is 0 Å². The van der Waals surface area contributed by atoms with Crippen LogP contribution < -0.4 is 0 Å². The summed E-state index contributed by atoms with van der Waals surface area (Å²) in [5.41, 5.74) is 6.31. The summed E-state index contributed by atoms with van der Waals surface area (Å²) in [4.78, 5) is 0. The Balaban J connectivity index is 2.59. The molecule has 0 atom stereocenters. The number of benzene rings is 2. The second kappa shape index (κ2) is 5.73. The van der Waals surface area contributed by atoms with Crippen LogP contribution in [0.5, 0.6) is 0 Å². The van der Waals surface area contributed by atoms with Crippen molar-refractivity contribution >= 4 is 13.4 Å². The molecule has 2 rings (SSSR count). The maximum absolute atomic E-state index is 5.73. The molecular weight excluding hydrogens is 215 g/mol. The van der Waals surface area contributed by atoms with Crippen molar-refractivity contribution in [2.45, 2.75) is 20.2 Å². The highest BCUT2D eigenvalue weighted by molar-refractivity contribution is 6.10. The van der Waals surface area contributed by atoms with Gasteiger partial charge in [0.05, 0.1) is 7.85 Å². The smallest absolute Gasteiger partial charge is 0.0708 e. The first-order valence-electron chi connectivity index (χ1n) is 6.26. The molecule has 0 spiro atoms. The molecule has 0 aliphatic heterocycles. The van der Waals surface area contributed by atoms with E-state index in [1.165, 1.54) is 27.8 Å². The Morgan fingerprint density at radius 3 is 1.72 bits per heavy atom. The summed E-state index contributed by atoms with van der Waals surface area (Å²) in [6.45, 7) is 4.27. The quantitative estimate of drug-likeness (QED) is 0.691. The lowest BCUT2D eigenvalue weighted by Gasteiger charge is -2.13. The highest BCUT2D eigenvalue weighted by Gasteiger charge is 2.08. The average molecular weight is 232 g/mol.